The first-order chi connectivity index (χ1) is 22.3. The molecule has 0 saturated heterocycles. The van der Waals surface area contributed by atoms with Gasteiger partial charge in [-0.15, -0.1) is 11.3 Å². The zero-order chi connectivity index (χ0) is 29.8. The van der Waals surface area contributed by atoms with Crippen LogP contribution in [0.3, 0.4) is 0 Å². The van der Waals surface area contributed by atoms with Crippen molar-refractivity contribution in [3.8, 4) is 22.3 Å². The summed E-state index contributed by atoms with van der Waals surface area (Å²) in [5.41, 5.74) is 12.0. The van der Waals surface area contributed by atoms with Gasteiger partial charge in [0.15, 0.2) is 0 Å². The topological polar surface area (TPSA) is 12.0 Å². The Morgan fingerprint density at radius 3 is 1.80 bits per heavy atom. The zero-order valence-electron chi connectivity index (χ0n) is 24.6. The second-order valence-corrected chi connectivity index (χ2v) is 12.9. The molecule has 0 saturated carbocycles. The molecular formula is C43H29NS. The van der Waals surface area contributed by atoms with E-state index in [4.69, 9.17) is 0 Å². The van der Waals surface area contributed by atoms with E-state index in [1.807, 2.05) is 17.4 Å². The lowest BCUT2D eigenvalue weighted by molar-refractivity contribution is 0.769. The molecule has 0 unspecified atom stereocenters. The third-order valence-electron chi connectivity index (χ3n) is 9.34. The molecule has 1 aliphatic rings. The van der Waals surface area contributed by atoms with Crippen molar-refractivity contribution in [2.75, 3.05) is 5.32 Å². The van der Waals surface area contributed by atoms with Gasteiger partial charge in [-0.25, -0.2) is 0 Å². The van der Waals surface area contributed by atoms with Gasteiger partial charge in [-0.05, 0) is 93.0 Å². The summed E-state index contributed by atoms with van der Waals surface area (Å²) in [5.74, 6) is 0. The molecule has 0 aliphatic heterocycles. The molecule has 7 aromatic carbocycles. The summed E-state index contributed by atoms with van der Waals surface area (Å²) in [6.07, 6.45) is 0. The van der Waals surface area contributed by atoms with Crippen LogP contribution in [0.1, 0.15) is 22.3 Å². The fourth-order valence-corrected chi connectivity index (χ4v) is 8.44. The number of anilines is 2. The molecule has 0 bridgehead atoms. The fraction of sp³-hybridized carbons (Fsp3) is 0.0233. The normalized spacial score (nSPS) is 13.1. The minimum Gasteiger partial charge on any atom is -0.356 e. The molecule has 8 aromatic rings. The Labute approximate surface area is 267 Å². The van der Waals surface area contributed by atoms with E-state index in [2.05, 4.69) is 169 Å². The quantitative estimate of drug-likeness (QED) is 0.210. The molecule has 0 amide bonds. The first kappa shape index (κ1) is 26.0. The van der Waals surface area contributed by atoms with Crippen LogP contribution in [0.15, 0.2) is 170 Å². The van der Waals surface area contributed by atoms with Crippen LogP contribution in [-0.4, -0.2) is 0 Å². The smallest absolute Gasteiger partial charge is 0.0713 e. The van der Waals surface area contributed by atoms with E-state index in [9.17, 15) is 0 Å². The molecule has 1 aliphatic carbocycles. The summed E-state index contributed by atoms with van der Waals surface area (Å²) < 4.78 is 2.66. The maximum Gasteiger partial charge on any atom is 0.0713 e. The molecule has 0 fully saturated rings. The maximum atomic E-state index is 3.57. The second kappa shape index (κ2) is 10.3. The third kappa shape index (κ3) is 4.07. The predicted octanol–water partition coefficient (Wildman–Crippen LogP) is 11.8. The number of para-hydroxylation sites is 1. The lowest BCUT2D eigenvalue weighted by atomic mass is 9.67. The average molecular weight is 592 g/mol. The highest BCUT2D eigenvalue weighted by Gasteiger charge is 2.45. The SMILES string of the molecule is c1ccc(Nc2ccc(C3(c4cccc(-c5ccc6sc7ccccc7c6c5)c4)c4ccccc4-c4ccccc43)cc2)cc1. The Morgan fingerprint density at radius 1 is 0.400 bits per heavy atom. The van der Waals surface area contributed by atoms with Crippen LogP contribution < -0.4 is 5.32 Å². The summed E-state index contributed by atoms with van der Waals surface area (Å²) >= 11 is 1.87. The summed E-state index contributed by atoms with van der Waals surface area (Å²) in [5, 5.41) is 6.22. The van der Waals surface area contributed by atoms with Crippen molar-refractivity contribution in [1.82, 2.24) is 0 Å². The van der Waals surface area contributed by atoms with Gasteiger partial charge in [-0.1, -0.05) is 121 Å². The Balaban J connectivity index is 1.24. The number of benzene rings is 7. The fourth-order valence-electron chi connectivity index (χ4n) is 7.35. The Bertz CT molecular complexity index is 2300. The minimum absolute atomic E-state index is 0.451. The summed E-state index contributed by atoms with van der Waals surface area (Å²) in [7, 11) is 0. The van der Waals surface area contributed by atoms with Crippen LogP contribution in [0.4, 0.5) is 11.4 Å². The van der Waals surface area contributed by atoms with E-state index in [0.29, 0.717) is 0 Å². The highest BCUT2D eigenvalue weighted by molar-refractivity contribution is 7.25. The highest BCUT2D eigenvalue weighted by atomic mass is 32.1. The van der Waals surface area contributed by atoms with Gasteiger partial charge in [0.05, 0.1) is 5.41 Å². The number of fused-ring (bicyclic) bond motifs is 6. The lowest BCUT2D eigenvalue weighted by Crippen LogP contribution is -2.28. The second-order valence-electron chi connectivity index (χ2n) is 11.8. The van der Waals surface area contributed by atoms with E-state index in [-0.39, 0.29) is 0 Å². The first-order valence-corrected chi connectivity index (χ1v) is 16.2. The van der Waals surface area contributed by atoms with Crippen molar-refractivity contribution in [3.63, 3.8) is 0 Å². The van der Waals surface area contributed by atoms with Gasteiger partial charge in [-0.3, -0.25) is 0 Å². The molecule has 1 nitrogen and oxygen atoms in total. The summed E-state index contributed by atoms with van der Waals surface area (Å²) in [6, 6.07) is 62.2. The van der Waals surface area contributed by atoms with Gasteiger partial charge < -0.3 is 5.32 Å². The van der Waals surface area contributed by atoms with Crippen LogP contribution in [-0.2, 0) is 5.41 Å². The van der Waals surface area contributed by atoms with Gasteiger partial charge >= 0.3 is 0 Å². The van der Waals surface area contributed by atoms with Crippen molar-refractivity contribution in [2.45, 2.75) is 5.41 Å². The van der Waals surface area contributed by atoms with Gasteiger partial charge in [0.2, 0.25) is 0 Å². The Hall–Kier alpha value is -5.44. The standard InChI is InChI=1S/C43H29NS/c1-2-13-33(14-3-1)44-34-24-22-31(23-25-34)43(39-18-7-4-15-35(39)36-16-5-8-19-40(36)43)32-12-10-11-29(27-32)30-21-26-42-38(28-30)37-17-6-9-20-41(37)45-42/h1-28,44H. The molecule has 0 atom stereocenters. The van der Waals surface area contributed by atoms with Gasteiger partial charge in [0.1, 0.15) is 0 Å². The molecule has 9 rings (SSSR count). The van der Waals surface area contributed by atoms with Crippen molar-refractivity contribution < 1.29 is 0 Å². The van der Waals surface area contributed by atoms with Gasteiger partial charge in [-0.2, -0.15) is 0 Å². The van der Waals surface area contributed by atoms with Gasteiger partial charge in [0, 0.05) is 31.5 Å². The molecule has 2 heteroatoms. The van der Waals surface area contributed by atoms with Crippen LogP contribution in [0.5, 0.6) is 0 Å². The van der Waals surface area contributed by atoms with E-state index in [0.717, 1.165) is 11.4 Å². The molecule has 1 N–H and O–H groups in total. The van der Waals surface area contributed by atoms with Crippen molar-refractivity contribution in [3.05, 3.63) is 192 Å². The lowest BCUT2D eigenvalue weighted by Gasteiger charge is -2.34. The maximum absolute atomic E-state index is 3.57. The van der Waals surface area contributed by atoms with Gasteiger partial charge in [0.25, 0.3) is 0 Å². The molecule has 1 aromatic heterocycles. The van der Waals surface area contributed by atoms with Crippen molar-refractivity contribution in [1.29, 1.82) is 0 Å². The van der Waals surface area contributed by atoms with E-state index in [1.165, 1.54) is 64.7 Å². The molecular weight excluding hydrogens is 563 g/mol. The Kier molecular flexibility index (Phi) is 5.97. The van der Waals surface area contributed by atoms with Crippen LogP contribution in [0, 0.1) is 0 Å². The number of hydrogen-bond donors (Lipinski definition) is 1. The van der Waals surface area contributed by atoms with Crippen molar-refractivity contribution in [2.24, 2.45) is 0 Å². The minimum atomic E-state index is -0.451. The zero-order valence-corrected chi connectivity index (χ0v) is 25.4. The average Bonchev–Trinajstić information content (AvgIpc) is 3.63. The summed E-state index contributed by atoms with van der Waals surface area (Å²) in [6.45, 7) is 0. The van der Waals surface area contributed by atoms with E-state index in [1.54, 1.807) is 0 Å². The molecule has 45 heavy (non-hydrogen) atoms. The first-order valence-electron chi connectivity index (χ1n) is 15.4. The number of nitrogens with one attached hydrogen (secondary N) is 1. The molecule has 0 radical (unpaired) electrons. The van der Waals surface area contributed by atoms with Crippen LogP contribution in [0.2, 0.25) is 0 Å². The van der Waals surface area contributed by atoms with Crippen LogP contribution >= 0.6 is 11.3 Å². The predicted molar refractivity (Wildman–Crippen MR) is 192 cm³/mol. The molecule has 0 spiro atoms. The number of rotatable bonds is 5. The largest absolute Gasteiger partial charge is 0.356 e. The number of hydrogen-bond acceptors (Lipinski definition) is 2. The van der Waals surface area contributed by atoms with Crippen LogP contribution in [0.25, 0.3) is 42.4 Å². The van der Waals surface area contributed by atoms with E-state index >= 15 is 0 Å². The van der Waals surface area contributed by atoms with E-state index < -0.39 is 5.41 Å². The molecule has 1 heterocycles. The summed E-state index contributed by atoms with van der Waals surface area (Å²) in [4.78, 5) is 0. The highest BCUT2D eigenvalue weighted by Crippen LogP contribution is 2.56. The monoisotopic (exact) mass is 591 g/mol. The molecule has 212 valence electrons. The number of thiophene rings is 1. The third-order valence-corrected chi connectivity index (χ3v) is 10.5. The Morgan fingerprint density at radius 2 is 1.02 bits per heavy atom. The van der Waals surface area contributed by atoms with Crippen molar-refractivity contribution >= 4 is 42.9 Å².